The van der Waals surface area contributed by atoms with Crippen LogP contribution >= 0.6 is 12.6 Å². The van der Waals surface area contributed by atoms with E-state index in [0.717, 1.165) is 28.9 Å². The average molecular weight is 353 g/mol. The molecule has 1 aromatic rings. The lowest BCUT2D eigenvalue weighted by Gasteiger charge is -2.28. The van der Waals surface area contributed by atoms with E-state index >= 15 is 0 Å². The van der Waals surface area contributed by atoms with Crippen LogP contribution in [0.2, 0.25) is 0 Å². The molecule has 4 heteroatoms. The SMILES string of the molecule is CC(C)(C)c1cc(CCC(=O)OCCCS)cc(C(C)(C)C)c1O. The number of ether oxygens (including phenoxy) is 1. The van der Waals surface area contributed by atoms with Gasteiger partial charge >= 0.3 is 5.97 Å². The number of aromatic hydroxyl groups is 1. The molecule has 0 amide bonds. The third kappa shape index (κ3) is 6.04. The Bertz CT molecular complexity index is 530. The predicted molar refractivity (Wildman–Crippen MR) is 103 cm³/mol. The molecule has 0 bridgehead atoms. The molecule has 24 heavy (non-hydrogen) atoms. The fraction of sp³-hybridized carbons (Fsp3) is 0.650. The predicted octanol–water partition coefficient (Wildman–Crippen LogP) is 4.78. The first-order valence-electron chi connectivity index (χ1n) is 8.60. The number of rotatable bonds is 6. The maximum Gasteiger partial charge on any atom is 0.306 e. The van der Waals surface area contributed by atoms with Gasteiger partial charge < -0.3 is 9.84 Å². The quantitative estimate of drug-likeness (QED) is 0.440. The molecule has 1 aromatic carbocycles. The van der Waals surface area contributed by atoms with E-state index in [-0.39, 0.29) is 16.8 Å². The molecule has 0 unspecified atom stereocenters. The summed E-state index contributed by atoms with van der Waals surface area (Å²) in [6, 6.07) is 4.04. The molecule has 0 aliphatic rings. The summed E-state index contributed by atoms with van der Waals surface area (Å²) >= 11 is 4.10. The van der Waals surface area contributed by atoms with Gasteiger partial charge in [0.05, 0.1) is 6.61 Å². The lowest BCUT2D eigenvalue weighted by Crippen LogP contribution is -2.18. The maximum absolute atomic E-state index is 11.8. The molecule has 0 saturated heterocycles. The topological polar surface area (TPSA) is 46.5 Å². The van der Waals surface area contributed by atoms with Crippen molar-refractivity contribution in [2.75, 3.05) is 12.4 Å². The highest BCUT2D eigenvalue weighted by molar-refractivity contribution is 7.80. The Labute approximate surface area is 152 Å². The number of phenols is 1. The Hall–Kier alpha value is -1.16. The van der Waals surface area contributed by atoms with E-state index in [0.29, 0.717) is 25.2 Å². The zero-order chi connectivity index (χ0) is 18.5. The summed E-state index contributed by atoms with van der Waals surface area (Å²) in [5, 5.41) is 10.7. The fourth-order valence-electron chi connectivity index (χ4n) is 2.55. The van der Waals surface area contributed by atoms with Crippen LogP contribution in [0.15, 0.2) is 12.1 Å². The van der Waals surface area contributed by atoms with Gasteiger partial charge in [-0.3, -0.25) is 4.79 Å². The monoisotopic (exact) mass is 352 g/mol. The van der Waals surface area contributed by atoms with Crippen molar-refractivity contribution in [2.45, 2.75) is 71.6 Å². The molecule has 0 aliphatic heterocycles. The first-order valence-corrected chi connectivity index (χ1v) is 9.23. The summed E-state index contributed by atoms with van der Waals surface area (Å²) < 4.78 is 5.19. The molecular weight excluding hydrogens is 320 g/mol. The Morgan fingerprint density at radius 2 is 1.58 bits per heavy atom. The summed E-state index contributed by atoms with van der Waals surface area (Å²) in [4.78, 5) is 11.8. The first-order chi connectivity index (χ1) is 11.0. The average Bonchev–Trinajstić information content (AvgIpc) is 2.44. The lowest BCUT2D eigenvalue weighted by molar-refractivity contribution is -0.143. The largest absolute Gasteiger partial charge is 0.507 e. The number of aryl methyl sites for hydroxylation is 1. The van der Waals surface area contributed by atoms with Crippen LogP contribution in [0, 0.1) is 0 Å². The Kier molecular flexibility index (Phi) is 7.21. The number of carbonyl (C=O) groups excluding carboxylic acids is 1. The van der Waals surface area contributed by atoms with Crippen molar-refractivity contribution in [1.82, 2.24) is 0 Å². The van der Waals surface area contributed by atoms with Gasteiger partial charge in [0.1, 0.15) is 5.75 Å². The second-order valence-corrected chi connectivity index (χ2v) is 8.78. The van der Waals surface area contributed by atoms with E-state index in [2.05, 4.69) is 54.2 Å². The summed E-state index contributed by atoms with van der Waals surface area (Å²) in [7, 11) is 0. The van der Waals surface area contributed by atoms with Gasteiger partial charge in [-0.1, -0.05) is 53.7 Å². The van der Waals surface area contributed by atoms with E-state index < -0.39 is 0 Å². The summed E-state index contributed by atoms with van der Waals surface area (Å²) in [6.07, 6.45) is 1.74. The van der Waals surface area contributed by atoms with E-state index in [1.165, 1.54) is 0 Å². The van der Waals surface area contributed by atoms with Gasteiger partial charge in [-0.25, -0.2) is 0 Å². The molecule has 0 saturated carbocycles. The van der Waals surface area contributed by atoms with Gasteiger partial charge in [-0.2, -0.15) is 12.6 Å². The highest BCUT2D eigenvalue weighted by Gasteiger charge is 2.26. The molecule has 0 heterocycles. The number of esters is 1. The molecule has 0 atom stereocenters. The molecule has 0 radical (unpaired) electrons. The molecule has 0 aromatic heterocycles. The minimum Gasteiger partial charge on any atom is -0.507 e. The van der Waals surface area contributed by atoms with Crippen LogP contribution in [-0.4, -0.2) is 23.4 Å². The van der Waals surface area contributed by atoms with Crippen molar-refractivity contribution < 1.29 is 14.6 Å². The van der Waals surface area contributed by atoms with Crippen molar-refractivity contribution >= 4 is 18.6 Å². The number of carbonyl (C=O) groups is 1. The van der Waals surface area contributed by atoms with Gasteiger partial charge in [-0.15, -0.1) is 0 Å². The third-order valence-electron chi connectivity index (χ3n) is 3.97. The van der Waals surface area contributed by atoms with Crippen molar-refractivity contribution in [3.63, 3.8) is 0 Å². The van der Waals surface area contributed by atoms with Crippen LogP contribution in [0.3, 0.4) is 0 Å². The van der Waals surface area contributed by atoms with E-state index in [1.807, 2.05) is 12.1 Å². The number of benzene rings is 1. The highest BCUT2D eigenvalue weighted by atomic mass is 32.1. The lowest BCUT2D eigenvalue weighted by atomic mass is 9.78. The molecule has 136 valence electrons. The van der Waals surface area contributed by atoms with Crippen LogP contribution in [0.1, 0.15) is 71.1 Å². The Morgan fingerprint density at radius 3 is 2.00 bits per heavy atom. The summed E-state index contributed by atoms with van der Waals surface area (Å²) in [6.45, 7) is 13.0. The van der Waals surface area contributed by atoms with E-state index in [1.54, 1.807) is 0 Å². The Balaban J connectivity index is 3.01. The molecule has 1 N–H and O–H groups in total. The van der Waals surface area contributed by atoms with Gasteiger partial charge in [0.25, 0.3) is 0 Å². The van der Waals surface area contributed by atoms with E-state index in [4.69, 9.17) is 4.74 Å². The molecule has 0 spiro atoms. The zero-order valence-corrected chi connectivity index (χ0v) is 16.8. The van der Waals surface area contributed by atoms with Gasteiger partial charge in [0.2, 0.25) is 0 Å². The van der Waals surface area contributed by atoms with Crippen molar-refractivity contribution in [3.8, 4) is 5.75 Å². The number of phenolic OH excluding ortho intramolecular Hbond substituents is 1. The van der Waals surface area contributed by atoms with Crippen LogP contribution in [0.4, 0.5) is 0 Å². The minimum absolute atomic E-state index is 0.160. The first kappa shape index (κ1) is 20.9. The second kappa shape index (κ2) is 8.28. The van der Waals surface area contributed by atoms with Gasteiger partial charge in [0, 0.05) is 6.42 Å². The van der Waals surface area contributed by atoms with Crippen LogP contribution in [-0.2, 0) is 26.8 Å². The van der Waals surface area contributed by atoms with Gasteiger partial charge in [0.15, 0.2) is 0 Å². The number of thiol groups is 1. The smallest absolute Gasteiger partial charge is 0.306 e. The minimum atomic E-state index is -0.181. The van der Waals surface area contributed by atoms with Crippen molar-refractivity contribution in [1.29, 1.82) is 0 Å². The number of hydrogen-bond acceptors (Lipinski definition) is 4. The molecule has 1 rings (SSSR count). The second-order valence-electron chi connectivity index (χ2n) is 8.34. The Morgan fingerprint density at radius 1 is 1.08 bits per heavy atom. The molecule has 0 aliphatic carbocycles. The van der Waals surface area contributed by atoms with Crippen LogP contribution in [0.25, 0.3) is 0 Å². The van der Waals surface area contributed by atoms with Crippen molar-refractivity contribution in [3.05, 3.63) is 28.8 Å². The van der Waals surface area contributed by atoms with Crippen LogP contribution in [0.5, 0.6) is 5.75 Å². The standard InChI is InChI=1S/C20H32O3S/c1-19(2,3)15-12-14(8-9-17(21)23-10-7-11-24)13-16(18(15)22)20(4,5)6/h12-13,22,24H,7-11H2,1-6H3. The van der Waals surface area contributed by atoms with Crippen molar-refractivity contribution in [2.24, 2.45) is 0 Å². The normalized spacial score (nSPS) is 12.3. The molecular formula is C20H32O3S. The van der Waals surface area contributed by atoms with E-state index in [9.17, 15) is 9.90 Å². The third-order valence-corrected chi connectivity index (χ3v) is 4.29. The molecule has 3 nitrogen and oxygen atoms in total. The summed E-state index contributed by atoms with van der Waals surface area (Å²) in [5.74, 6) is 0.907. The fourth-order valence-corrected chi connectivity index (χ4v) is 2.68. The van der Waals surface area contributed by atoms with Crippen LogP contribution < -0.4 is 0 Å². The maximum atomic E-state index is 11.8. The number of hydrogen-bond donors (Lipinski definition) is 2. The summed E-state index contributed by atoms with van der Waals surface area (Å²) in [5.41, 5.74) is 2.59. The van der Waals surface area contributed by atoms with Gasteiger partial charge in [-0.05, 0) is 46.1 Å². The molecule has 0 fully saturated rings. The zero-order valence-electron chi connectivity index (χ0n) is 15.9. The highest BCUT2D eigenvalue weighted by Crippen LogP contribution is 2.39.